The fraction of sp³-hybridized carbons (Fsp3) is 0.600. The van der Waals surface area contributed by atoms with Gasteiger partial charge in [0.2, 0.25) is 0 Å². The average molecular weight is 334 g/mol. The van der Waals surface area contributed by atoms with Gasteiger partial charge in [-0.1, -0.05) is 56.6 Å². The van der Waals surface area contributed by atoms with Crippen LogP contribution in [0.15, 0.2) is 36.5 Å². The van der Waals surface area contributed by atoms with Gasteiger partial charge in [0, 0.05) is 12.3 Å². The summed E-state index contributed by atoms with van der Waals surface area (Å²) in [4.78, 5) is 22.4. The zero-order valence-corrected chi connectivity index (χ0v) is 14.6. The molecule has 4 nitrogen and oxygen atoms in total. The maximum absolute atomic E-state index is 12.0. The van der Waals surface area contributed by atoms with Crippen LogP contribution in [0.5, 0.6) is 0 Å². The lowest BCUT2D eigenvalue weighted by molar-refractivity contribution is -0.137. The highest BCUT2D eigenvalue weighted by molar-refractivity contribution is 5.95. The van der Waals surface area contributed by atoms with Gasteiger partial charge in [-0.15, -0.1) is 0 Å². The van der Waals surface area contributed by atoms with Gasteiger partial charge < -0.3 is 10.2 Å². The van der Waals surface area contributed by atoms with E-state index in [-0.39, 0.29) is 24.0 Å². The highest BCUT2D eigenvalue weighted by Gasteiger charge is 2.26. The smallest absolute Gasteiger partial charge is 0.303 e. The zero-order chi connectivity index (χ0) is 17.8. The lowest BCUT2D eigenvalue weighted by atomic mass is 9.90. The highest BCUT2D eigenvalue weighted by atomic mass is 16.4. The van der Waals surface area contributed by atoms with Crippen molar-refractivity contribution in [2.45, 2.75) is 64.4 Å². The summed E-state index contributed by atoms with van der Waals surface area (Å²) in [7, 11) is 0. The van der Waals surface area contributed by atoms with Gasteiger partial charge in [-0.2, -0.15) is 0 Å². The molecule has 134 valence electrons. The van der Waals surface area contributed by atoms with Crippen molar-refractivity contribution in [2.24, 2.45) is 11.8 Å². The summed E-state index contributed by atoms with van der Waals surface area (Å²) >= 11 is 0. The number of aliphatic hydroxyl groups excluding tert-OH is 1. The van der Waals surface area contributed by atoms with Crippen LogP contribution in [0, 0.1) is 11.8 Å². The Morgan fingerprint density at radius 3 is 2.79 bits per heavy atom. The molecule has 0 fully saturated rings. The number of rotatable bonds is 12. The Kier molecular flexibility index (Phi) is 10.0. The maximum Gasteiger partial charge on any atom is 0.303 e. The SMILES string of the molecule is CCCCC[C@H](O)/C=C/[C@H]1C(=O)C=C[C@H]1C/C=C\CCCC(=O)O. The molecule has 0 spiro atoms. The summed E-state index contributed by atoms with van der Waals surface area (Å²) in [6.45, 7) is 2.13. The van der Waals surface area contributed by atoms with Crippen molar-refractivity contribution in [1.82, 2.24) is 0 Å². The predicted octanol–water partition coefficient (Wildman–Crippen LogP) is 4.06. The topological polar surface area (TPSA) is 74.6 Å². The molecule has 1 aliphatic rings. The molecular formula is C20H30O4. The summed E-state index contributed by atoms with van der Waals surface area (Å²) in [6, 6.07) is 0. The number of carboxylic acids is 1. The maximum atomic E-state index is 12.0. The van der Waals surface area contributed by atoms with E-state index in [4.69, 9.17) is 5.11 Å². The molecule has 24 heavy (non-hydrogen) atoms. The first-order valence-electron chi connectivity index (χ1n) is 8.99. The second-order valence-electron chi connectivity index (χ2n) is 6.39. The second-order valence-corrected chi connectivity index (χ2v) is 6.39. The molecule has 0 aromatic heterocycles. The van der Waals surface area contributed by atoms with E-state index < -0.39 is 12.1 Å². The van der Waals surface area contributed by atoms with Crippen LogP contribution in [0.3, 0.4) is 0 Å². The molecule has 0 saturated heterocycles. The van der Waals surface area contributed by atoms with Crippen LogP contribution >= 0.6 is 0 Å². The fourth-order valence-corrected chi connectivity index (χ4v) is 2.81. The largest absolute Gasteiger partial charge is 0.481 e. The molecule has 4 heteroatoms. The number of hydrogen-bond donors (Lipinski definition) is 2. The van der Waals surface area contributed by atoms with Crippen molar-refractivity contribution < 1.29 is 19.8 Å². The number of aliphatic hydroxyl groups is 1. The van der Waals surface area contributed by atoms with Crippen LogP contribution in [0.25, 0.3) is 0 Å². The first-order valence-corrected chi connectivity index (χ1v) is 8.99. The number of carbonyl (C=O) groups is 2. The first-order chi connectivity index (χ1) is 11.5. The Hall–Kier alpha value is -1.68. The van der Waals surface area contributed by atoms with Crippen molar-refractivity contribution in [1.29, 1.82) is 0 Å². The number of ketones is 1. The van der Waals surface area contributed by atoms with Gasteiger partial charge in [-0.3, -0.25) is 9.59 Å². The van der Waals surface area contributed by atoms with Gasteiger partial charge in [-0.05, 0) is 37.7 Å². The second kappa shape index (κ2) is 11.8. The van der Waals surface area contributed by atoms with Crippen molar-refractivity contribution in [3.63, 3.8) is 0 Å². The first kappa shape index (κ1) is 20.4. The molecule has 0 bridgehead atoms. The monoisotopic (exact) mass is 334 g/mol. The number of hydrogen-bond acceptors (Lipinski definition) is 3. The molecular weight excluding hydrogens is 304 g/mol. The van der Waals surface area contributed by atoms with E-state index in [0.29, 0.717) is 6.42 Å². The van der Waals surface area contributed by atoms with Gasteiger partial charge in [0.15, 0.2) is 5.78 Å². The van der Waals surface area contributed by atoms with E-state index in [9.17, 15) is 14.7 Å². The van der Waals surface area contributed by atoms with E-state index in [2.05, 4.69) is 6.92 Å². The molecule has 0 saturated carbocycles. The minimum atomic E-state index is -0.768. The Morgan fingerprint density at radius 1 is 1.29 bits per heavy atom. The lowest BCUT2D eigenvalue weighted by Gasteiger charge is -2.13. The van der Waals surface area contributed by atoms with Crippen molar-refractivity contribution >= 4 is 11.8 Å². The van der Waals surface area contributed by atoms with E-state index in [1.54, 1.807) is 12.2 Å². The number of carboxylic acid groups (broad SMARTS) is 1. The number of allylic oxidation sites excluding steroid dienone is 5. The number of carbonyl (C=O) groups excluding carboxylic acids is 1. The Balaban J connectivity index is 2.38. The molecule has 0 heterocycles. The van der Waals surface area contributed by atoms with Crippen LogP contribution in [-0.4, -0.2) is 28.1 Å². The van der Waals surface area contributed by atoms with E-state index in [1.807, 2.05) is 24.3 Å². The van der Waals surface area contributed by atoms with E-state index >= 15 is 0 Å². The fourth-order valence-electron chi connectivity index (χ4n) is 2.81. The molecule has 0 amide bonds. The molecule has 1 aliphatic carbocycles. The van der Waals surface area contributed by atoms with Crippen LogP contribution < -0.4 is 0 Å². The summed E-state index contributed by atoms with van der Waals surface area (Å²) in [5, 5.41) is 18.5. The van der Waals surface area contributed by atoms with E-state index in [0.717, 1.165) is 38.5 Å². The number of unbranched alkanes of at least 4 members (excludes halogenated alkanes) is 3. The number of aliphatic carboxylic acids is 1. The standard InChI is InChI=1S/C20H30O4/c1-2-3-6-10-17(21)13-14-18-16(12-15-19(18)22)9-7-4-5-8-11-20(23)24/h4,7,12-18,21H,2-3,5-6,8-11H2,1H3,(H,23,24)/b7-4-,14-13+/t16-,17+,18-/m1/s1. The Labute approximate surface area is 145 Å². The van der Waals surface area contributed by atoms with Gasteiger partial charge in [0.05, 0.1) is 6.10 Å². The van der Waals surface area contributed by atoms with E-state index in [1.165, 1.54) is 0 Å². The Morgan fingerprint density at radius 2 is 2.08 bits per heavy atom. The van der Waals surface area contributed by atoms with Gasteiger partial charge in [-0.25, -0.2) is 0 Å². The summed E-state index contributed by atoms with van der Waals surface area (Å²) in [6.07, 6.45) is 17.0. The van der Waals surface area contributed by atoms with Gasteiger partial charge in [0.1, 0.15) is 0 Å². The molecule has 0 unspecified atom stereocenters. The highest BCUT2D eigenvalue weighted by Crippen LogP contribution is 2.27. The molecule has 3 atom stereocenters. The normalized spacial score (nSPS) is 22.0. The van der Waals surface area contributed by atoms with Crippen molar-refractivity contribution in [3.05, 3.63) is 36.5 Å². The summed E-state index contributed by atoms with van der Waals surface area (Å²) < 4.78 is 0. The van der Waals surface area contributed by atoms with Crippen LogP contribution in [0.2, 0.25) is 0 Å². The molecule has 0 aliphatic heterocycles. The predicted molar refractivity (Wildman–Crippen MR) is 95.7 cm³/mol. The van der Waals surface area contributed by atoms with Crippen molar-refractivity contribution in [2.75, 3.05) is 0 Å². The molecule has 1 rings (SSSR count). The third-order valence-electron chi connectivity index (χ3n) is 4.28. The van der Waals surface area contributed by atoms with Crippen LogP contribution in [0.4, 0.5) is 0 Å². The molecule has 0 aromatic rings. The minimum Gasteiger partial charge on any atom is -0.481 e. The molecule has 0 radical (unpaired) electrons. The van der Waals surface area contributed by atoms with Gasteiger partial charge in [0.25, 0.3) is 0 Å². The van der Waals surface area contributed by atoms with Gasteiger partial charge >= 0.3 is 5.97 Å². The van der Waals surface area contributed by atoms with Crippen LogP contribution in [-0.2, 0) is 9.59 Å². The summed E-state index contributed by atoms with van der Waals surface area (Å²) in [5.74, 6) is -0.728. The third-order valence-corrected chi connectivity index (χ3v) is 4.28. The Bertz CT molecular complexity index is 476. The molecule has 0 aromatic carbocycles. The van der Waals surface area contributed by atoms with Crippen LogP contribution in [0.1, 0.15) is 58.3 Å². The molecule has 2 N–H and O–H groups in total. The summed E-state index contributed by atoms with van der Waals surface area (Å²) in [5.41, 5.74) is 0. The van der Waals surface area contributed by atoms with Crippen molar-refractivity contribution in [3.8, 4) is 0 Å². The average Bonchev–Trinajstić information content (AvgIpc) is 2.89. The quantitative estimate of drug-likeness (QED) is 0.417. The zero-order valence-electron chi connectivity index (χ0n) is 14.6. The lowest BCUT2D eigenvalue weighted by Crippen LogP contribution is -2.14. The third kappa shape index (κ3) is 8.25. The minimum absolute atomic E-state index is 0.0938.